The molecule has 0 amide bonds. The molecule has 2 unspecified atom stereocenters. The van der Waals surface area contributed by atoms with Crippen molar-refractivity contribution in [2.75, 3.05) is 0 Å². The van der Waals surface area contributed by atoms with Crippen LogP contribution in [-0.2, 0) is 14.4 Å². The van der Waals surface area contributed by atoms with Gasteiger partial charge in [0, 0.05) is 0 Å². The third-order valence-corrected chi connectivity index (χ3v) is 1.56. The molecule has 1 rings (SSSR count). The molecule has 5 nitrogen and oxygen atoms in total. The molecule has 0 aromatic heterocycles. The van der Waals surface area contributed by atoms with E-state index in [0.717, 1.165) is 0 Å². The Kier molecular flexibility index (Phi) is 2.45. The van der Waals surface area contributed by atoms with E-state index in [0.29, 0.717) is 18.9 Å². The Morgan fingerprint density at radius 3 is 1.55 bits per heavy atom. The van der Waals surface area contributed by atoms with E-state index in [9.17, 15) is 14.4 Å². The second-order valence-electron chi connectivity index (χ2n) is 2.27. The van der Waals surface area contributed by atoms with Crippen molar-refractivity contribution in [3.63, 3.8) is 0 Å². The SMILES string of the molecule is O=CC1NC(C=O)C(C=O)N1. The Bertz CT molecular complexity index is 167. The Balaban J connectivity index is 2.60. The Labute approximate surface area is 63.1 Å². The summed E-state index contributed by atoms with van der Waals surface area (Å²) in [6.07, 6.45) is 1.24. The summed E-state index contributed by atoms with van der Waals surface area (Å²) >= 11 is 0. The second-order valence-corrected chi connectivity index (χ2v) is 2.27. The van der Waals surface area contributed by atoms with E-state index in [4.69, 9.17) is 0 Å². The van der Waals surface area contributed by atoms with E-state index in [1.54, 1.807) is 0 Å². The molecule has 2 N–H and O–H groups in total. The first-order chi connectivity index (χ1) is 5.31. The zero-order chi connectivity index (χ0) is 8.27. The van der Waals surface area contributed by atoms with E-state index >= 15 is 0 Å². The van der Waals surface area contributed by atoms with Gasteiger partial charge in [-0.2, -0.15) is 0 Å². The van der Waals surface area contributed by atoms with E-state index in [1.807, 2.05) is 0 Å². The van der Waals surface area contributed by atoms with Gasteiger partial charge in [-0.15, -0.1) is 0 Å². The van der Waals surface area contributed by atoms with Gasteiger partial charge >= 0.3 is 0 Å². The highest BCUT2D eigenvalue weighted by molar-refractivity contribution is 5.74. The molecule has 5 heteroatoms. The number of rotatable bonds is 3. The average Bonchev–Trinajstić information content (AvgIpc) is 2.46. The van der Waals surface area contributed by atoms with Crippen LogP contribution in [0.5, 0.6) is 0 Å². The largest absolute Gasteiger partial charge is 0.302 e. The Morgan fingerprint density at radius 2 is 1.27 bits per heavy atom. The minimum absolute atomic E-state index is 0.581. The third kappa shape index (κ3) is 1.50. The molecular weight excluding hydrogens is 148 g/mol. The van der Waals surface area contributed by atoms with Crippen LogP contribution in [0.2, 0.25) is 0 Å². The van der Waals surface area contributed by atoms with Gasteiger partial charge in [-0.3, -0.25) is 10.6 Å². The summed E-state index contributed by atoms with van der Waals surface area (Å²) in [7, 11) is 0. The van der Waals surface area contributed by atoms with E-state index < -0.39 is 18.2 Å². The van der Waals surface area contributed by atoms with Crippen molar-refractivity contribution >= 4 is 18.9 Å². The standard InChI is InChI=1S/C6H8N2O3/c9-1-4-5(2-10)8-6(3-11)7-4/h1-8H. The fraction of sp³-hybridized carbons (Fsp3) is 0.500. The van der Waals surface area contributed by atoms with Crippen LogP contribution < -0.4 is 10.6 Å². The van der Waals surface area contributed by atoms with Gasteiger partial charge in [-0.1, -0.05) is 0 Å². The van der Waals surface area contributed by atoms with Crippen molar-refractivity contribution in [1.29, 1.82) is 0 Å². The van der Waals surface area contributed by atoms with Crippen molar-refractivity contribution < 1.29 is 14.4 Å². The molecule has 60 valence electrons. The first kappa shape index (κ1) is 8.03. The van der Waals surface area contributed by atoms with Crippen LogP contribution in [0.1, 0.15) is 0 Å². The first-order valence-electron chi connectivity index (χ1n) is 3.20. The summed E-state index contributed by atoms with van der Waals surface area (Å²) in [4.78, 5) is 30.7. The average molecular weight is 156 g/mol. The highest BCUT2D eigenvalue weighted by atomic mass is 16.1. The minimum Gasteiger partial charge on any atom is -0.302 e. The van der Waals surface area contributed by atoms with Gasteiger partial charge in [0.2, 0.25) is 0 Å². The summed E-state index contributed by atoms with van der Waals surface area (Å²) in [6.45, 7) is 0. The normalized spacial score (nSPS) is 36.5. The van der Waals surface area contributed by atoms with Crippen LogP contribution in [0, 0.1) is 0 Å². The summed E-state index contributed by atoms with van der Waals surface area (Å²) in [6, 6.07) is -1.16. The van der Waals surface area contributed by atoms with Crippen molar-refractivity contribution in [2.24, 2.45) is 0 Å². The molecule has 1 heterocycles. The number of carbonyl (C=O) groups excluding carboxylic acids is 3. The fourth-order valence-electron chi connectivity index (χ4n) is 0.997. The zero-order valence-electron chi connectivity index (χ0n) is 5.69. The number of hydrogen-bond donors (Lipinski definition) is 2. The smallest absolute Gasteiger partial charge is 0.151 e. The van der Waals surface area contributed by atoms with Gasteiger partial charge in [0.25, 0.3) is 0 Å². The maximum absolute atomic E-state index is 10.3. The number of hydrogen-bond acceptors (Lipinski definition) is 5. The molecule has 1 aliphatic heterocycles. The highest BCUT2D eigenvalue weighted by Gasteiger charge is 2.31. The number of nitrogens with one attached hydrogen (secondary N) is 2. The van der Waals surface area contributed by atoms with Crippen LogP contribution in [-0.4, -0.2) is 37.1 Å². The molecule has 2 atom stereocenters. The van der Waals surface area contributed by atoms with E-state index in [2.05, 4.69) is 10.6 Å². The molecule has 0 aromatic carbocycles. The molecule has 1 fully saturated rings. The molecule has 11 heavy (non-hydrogen) atoms. The summed E-state index contributed by atoms with van der Waals surface area (Å²) < 4.78 is 0. The van der Waals surface area contributed by atoms with Gasteiger partial charge in [0.15, 0.2) is 6.29 Å². The maximum Gasteiger partial charge on any atom is 0.151 e. The molecule has 1 aliphatic rings. The topological polar surface area (TPSA) is 75.3 Å². The van der Waals surface area contributed by atoms with Crippen molar-refractivity contribution in [3.8, 4) is 0 Å². The number of carbonyl (C=O) groups is 3. The lowest BCUT2D eigenvalue weighted by molar-refractivity contribution is -0.114. The summed E-state index contributed by atoms with van der Waals surface area (Å²) in [5, 5.41) is 5.23. The second kappa shape index (κ2) is 3.36. The van der Waals surface area contributed by atoms with Gasteiger partial charge in [0.1, 0.15) is 18.7 Å². The van der Waals surface area contributed by atoms with Gasteiger partial charge in [-0.05, 0) is 0 Å². The monoisotopic (exact) mass is 156 g/mol. The van der Waals surface area contributed by atoms with Crippen molar-refractivity contribution in [1.82, 2.24) is 10.6 Å². The molecule has 0 spiro atoms. The first-order valence-corrected chi connectivity index (χ1v) is 3.20. The quantitative estimate of drug-likeness (QED) is 0.455. The van der Waals surface area contributed by atoms with E-state index in [1.165, 1.54) is 0 Å². The predicted octanol–water partition coefficient (Wildman–Crippen LogP) is -2.16. The molecule has 0 bridgehead atoms. The van der Waals surface area contributed by atoms with Crippen LogP contribution in [0.4, 0.5) is 0 Å². The zero-order valence-corrected chi connectivity index (χ0v) is 5.69. The van der Waals surface area contributed by atoms with Gasteiger partial charge < -0.3 is 14.4 Å². The van der Waals surface area contributed by atoms with Crippen LogP contribution >= 0.6 is 0 Å². The van der Waals surface area contributed by atoms with Crippen molar-refractivity contribution in [2.45, 2.75) is 18.2 Å². The molecular formula is C6H8N2O3. The summed E-state index contributed by atoms with van der Waals surface area (Å²) in [5.74, 6) is 0. The number of aldehydes is 3. The van der Waals surface area contributed by atoms with Crippen molar-refractivity contribution in [3.05, 3.63) is 0 Å². The fourth-order valence-corrected chi connectivity index (χ4v) is 0.997. The Morgan fingerprint density at radius 1 is 0.818 bits per heavy atom. The third-order valence-electron chi connectivity index (χ3n) is 1.56. The lowest BCUT2D eigenvalue weighted by Gasteiger charge is -2.02. The molecule has 0 aliphatic carbocycles. The van der Waals surface area contributed by atoms with Crippen LogP contribution in [0.25, 0.3) is 0 Å². The lowest BCUT2D eigenvalue weighted by Crippen LogP contribution is -2.35. The van der Waals surface area contributed by atoms with Gasteiger partial charge in [0.05, 0.1) is 12.1 Å². The molecule has 0 saturated carbocycles. The Hall–Kier alpha value is -1.07. The molecule has 0 aromatic rings. The lowest BCUT2D eigenvalue weighted by atomic mass is 10.2. The van der Waals surface area contributed by atoms with Gasteiger partial charge in [-0.25, -0.2) is 0 Å². The molecule has 1 saturated heterocycles. The van der Waals surface area contributed by atoms with Crippen LogP contribution in [0.15, 0.2) is 0 Å². The highest BCUT2D eigenvalue weighted by Crippen LogP contribution is 1.97. The minimum atomic E-state index is -0.583. The summed E-state index contributed by atoms with van der Waals surface area (Å²) in [5.41, 5.74) is 0. The van der Waals surface area contributed by atoms with Crippen LogP contribution in [0.3, 0.4) is 0 Å². The maximum atomic E-state index is 10.3. The molecule has 0 radical (unpaired) electrons. The predicted molar refractivity (Wildman–Crippen MR) is 35.8 cm³/mol. The van der Waals surface area contributed by atoms with E-state index in [-0.39, 0.29) is 0 Å².